The summed E-state index contributed by atoms with van der Waals surface area (Å²) in [6.45, 7) is 8.13. The normalized spacial score (nSPS) is 11.9. The minimum absolute atomic E-state index is 0.219. The Bertz CT molecular complexity index is 466. The van der Waals surface area contributed by atoms with Crippen LogP contribution in [0.25, 0.3) is 0 Å². The zero-order valence-electron chi connectivity index (χ0n) is 11.4. The molecule has 0 atom stereocenters. The summed E-state index contributed by atoms with van der Waals surface area (Å²) >= 11 is 0. The summed E-state index contributed by atoms with van der Waals surface area (Å²) in [5.41, 5.74) is 2.18. The van der Waals surface area contributed by atoms with E-state index in [1.165, 1.54) is 5.56 Å². The average molecular weight is 273 g/mol. The van der Waals surface area contributed by atoms with Gasteiger partial charge in [-0.2, -0.15) is 5.10 Å². The SMILES string of the molecule is CCNCc1cn(CCCS(=O)(=O)CC)nc1C. The monoisotopic (exact) mass is 273 g/mol. The van der Waals surface area contributed by atoms with E-state index in [9.17, 15) is 8.42 Å². The summed E-state index contributed by atoms with van der Waals surface area (Å²) in [7, 11) is -2.86. The Kier molecular flexibility index (Phi) is 5.81. The number of sulfone groups is 1. The molecule has 0 radical (unpaired) electrons. The highest BCUT2D eigenvalue weighted by atomic mass is 32.2. The molecular formula is C12H23N3O2S. The molecule has 18 heavy (non-hydrogen) atoms. The third kappa shape index (κ3) is 4.78. The highest BCUT2D eigenvalue weighted by Crippen LogP contribution is 2.06. The molecule has 0 saturated carbocycles. The van der Waals surface area contributed by atoms with Gasteiger partial charge in [0.05, 0.1) is 11.4 Å². The molecule has 1 rings (SSSR count). The van der Waals surface area contributed by atoms with Crippen LogP contribution in [-0.2, 0) is 22.9 Å². The van der Waals surface area contributed by atoms with Crippen molar-refractivity contribution in [1.82, 2.24) is 15.1 Å². The summed E-state index contributed by atoms with van der Waals surface area (Å²) in [6.07, 6.45) is 2.62. The van der Waals surface area contributed by atoms with Crippen molar-refractivity contribution in [3.05, 3.63) is 17.5 Å². The van der Waals surface area contributed by atoms with E-state index in [0.717, 1.165) is 18.8 Å². The summed E-state index contributed by atoms with van der Waals surface area (Å²) < 4.78 is 24.6. The maximum Gasteiger partial charge on any atom is 0.150 e. The van der Waals surface area contributed by atoms with Crippen molar-refractivity contribution >= 4 is 9.84 Å². The molecule has 1 heterocycles. The molecule has 5 nitrogen and oxygen atoms in total. The van der Waals surface area contributed by atoms with Crippen molar-refractivity contribution in [2.24, 2.45) is 0 Å². The van der Waals surface area contributed by atoms with Crippen LogP contribution in [0.5, 0.6) is 0 Å². The molecule has 0 fully saturated rings. The maximum atomic E-state index is 11.4. The van der Waals surface area contributed by atoms with Crippen LogP contribution in [0.3, 0.4) is 0 Å². The lowest BCUT2D eigenvalue weighted by Gasteiger charge is -2.02. The molecule has 0 aliphatic heterocycles. The van der Waals surface area contributed by atoms with Gasteiger partial charge in [0.2, 0.25) is 0 Å². The van der Waals surface area contributed by atoms with E-state index in [4.69, 9.17) is 0 Å². The van der Waals surface area contributed by atoms with Gasteiger partial charge in [0.1, 0.15) is 9.84 Å². The Balaban J connectivity index is 2.48. The van der Waals surface area contributed by atoms with E-state index in [2.05, 4.69) is 17.3 Å². The molecule has 1 aromatic rings. The molecule has 0 aliphatic carbocycles. The van der Waals surface area contributed by atoms with Crippen LogP contribution in [0.2, 0.25) is 0 Å². The maximum absolute atomic E-state index is 11.4. The fourth-order valence-corrected chi connectivity index (χ4v) is 2.56. The van der Waals surface area contributed by atoms with Crippen LogP contribution in [-0.4, -0.2) is 36.2 Å². The van der Waals surface area contributed by atoms with Crippen molar-refractivity contribution in [3.63, 3.8) is 0 Å². The fourth-order valence-electron chi connectivity index (χ4n) is 1.70. The average Bonchev–Trinajstić information content (AvgIpc) is 2.67. The van der Waals surface area contributed by atoms with Crippen molar-refractivity contribution < 1.29 is 8.42 Å². The number of hydrogen-bond donors (Lipinski definition) is 1. The molecule has 1 aromatic heterocycles. The lowest BCUT2D eigenvalue weighted by Crippen LogP contribution is -2.12. The number of nitrogens with one attached hydrogen (secondary N) is 1. The van der Waals surface area contributed by atoms with Crippen molar-refractivity contribution in [3.8, 4) is 0 Å². The first-order valence-electron chi connectivity index (χ1n) is 6.42. The summed E-state index contributed by atoms with van der Waals surface area (Å²) in [5.74, 6) is 0.460. The van der Waals surface area contributed by atoms with Gasteiger partial charge in [-0.25, -0.2) is 8.42 Å². The van der Waals surface area contributed by atoms with E-state index in [-0.39, 0.29) is 11.5 Å². The first-order chi connectivity index (χ1) is 8.48. The Morgan fingerprint density at radius 1 is 1.39 bits per heavy atom. The second-order valence-electron chi connectivity index (χ2n) is 4.37. The minimum atomic E-state index is -2.86. The van der Waals surface area contributed by atoms with Crippen molar-refractivity contribution in [2.45, 2.75) is 40.3 Å². The van der Waals surface area contributed by atoms with E-state index in [1.54, 1.807) is 6.92 Å². The smallest absolute Gasteiger partial charge is 0.150 e. The second-order valence-corrected chi connectivity index (χ2v) is 6.85. The molecular weight excluding hydrogens is 250 g/mol. The van der Waals surface area contributed by atoms with Crippen molar-refractivity contribution in [2.75, 3.05) is 18.1 Å². The van der Waals surface area contributed by atoms with Gasteiger partial charge in [-0.15, -0.1) is 0 Å². The standard InChI is InChI=1S/C12H23N3O2S/c1-4-13-9-12-10-15(14-11(12)3)7-6-8-18(16,17)5-2/h10,13H,4-9H2,1-3H3. The number of aromatic nitrogens is 2. The predicted molar refractivity (Wildman–Crippen MR) is 73.3 cm³/mol. The topological polar surface area (TPSA) is 64.0 Å². The van der Waals surface area contributed by atoms with Gasteiger partial charge < -0.3 is 5.32 Å². The fraction of sp³-hybridized carbons (Fsp3) is 0.750. The highest BCUT2D eigenvalue weighted by Gasteiger charge is 2.08. The molecule has 0 amide bonds. The second kappa shape index (κ2) is 6.89. The van der Waals surface area contributed by atoms with Crippen molar-refractivity contribution in [1.29, 1.82) is 0 Å². The first-order valence-corrected chi connectivity index (χ1v) is 8.24. The summed E-state index contributed by atoms with van der Waals surface area (Å²) in [5, 5.41) is 7.65. The van der Waals surface area contributed by atoms with Crippen LogP contribution in [0, 0.1) is 6.92 Å². The van der Waals surface area contributed by atoms with Gasteiger partial charge in [0.15, 0.2) is 0 Å². The first kappa shape index (κ1) is 15.2. The third-order valence-electron chi connectivity index (χ3n) is 2.90. The minimum Gasteiger partial charge on any atom is -0.313 e. The lowest BCUT2D eigenvalue weighted by atomic mass is 10.2. The van der Waals surface area contributed by atoms with Crippen LogP contribution in [0.4, 0.5) is 0 Å². The van der Waals surface area contributed by atoms with E-state index >= 15 is 0 Å². The zero-order chi connectivity index (χ0) is 13.6. The Labute approximate surface area is 109 Å². The molecule has 0 aromatic carbocycles. The predicted octanol–water partition coefficient (Wildman–Crippen LogP) is 1.13. The molecule has 0 bridgehead atoms. The molecule has 104 valence electrons. The summed E-state index contributed by atoms with van der Waals surface area (Å²) in [6, 6.07) is 0. The van der Waals surface area contributed by atoms with Gasteiger partial charge in [0.25, 0.3) is 0 Å². The van der Waals surface area contributed by atoms with Crippen LogP contribution >= 0.6 is 0 Å². The highest BCUT2D eigenvalue weighted by molar-refractivity contribution is 7.91. The lowest BCUT2D eigenvalue weighted by molar-refractivity contribution is 0.571. The van der Waals surface area contributed by atoms with E-state index < -0.39 is 9.84 Å². The number of rotatable bonds is 8. The van der Waals surface area contributed by atoms with E-state index in [1.807, 2.05) is 17.8 Å². The van der Waals surface area contributed by atoms with Crippen LogP contribution < -0.4 is 5.32 Å². The Morgan fingerprint density at radius 3 is 2.72 bits per heavy atom. The molecule has 0 unspecified atom stereocenters. The van der Waals surface area contributed by atoms with Gasteiger partial charge in [-0.1, -0.05) is 13.8 Å². The molecule has 6 heteroatoms. The molecule has 1 N–H and O–H groups in total. The quantitative estimate of drug-likeness (QED) is 0.771. The number of nitrogens with zero attached hydrogens (tertiary/aromatic N) is 2. The zero-order valence-corrected chi connectivity index (χ0v) is 12.3. The number of hydrogen-bond acceptors (Lipinski definition) is 4. The number of aryl methyl sites for hydroxylation is 2. The third-order valence-corrected chi connectivity index (χ3v) is 4.69. The van der Waals surface area contributed by atoms with Crippen LogP contribution in [0.15, 0.2) is 6.20 Å². The largest absolute Gasteiger partial charge is 0.313 e. The molecule has 0 saturated heterocycles. The Morgan fingerprint density at radius 2 is 2.11 bits per heavy atom. The van der Waals surface area contributed by atoms with Crippen LogP contribution in [0.1, 0.15) is 31.5 Å². The van der Waals surface area contributed by atoms with Gasteiger partial charge >= 0.3 is 0 Å². The molecule has 0 aliphatic rings. The Hall–Kier alpha value is -0.880. The van der Waals surface area contributed by atoms with Gasteiger partial charge in [-0.05, 0) is 19.9 Å². The van der Waals surface area contributed by atoms with E-state index in [0.29, 0.717) is 13.0 Å². The van der Waals surface area contributed by atoms with Gasteiger partial charge in [0, 0.05) is 30.6 Å². The van der Waals surface area contributed by atoms with Gasteiger partial charge in [-0.3, -0.25) is 4.68 Å². The summed E-state index contributed by atoms with van der Waals surface area (Å²) in [4.78, 5) is 0. The molecule has 0 spiro atoms.